The van der Waals surface area contributed by atoms with Gasteiger partial charge in [-0.25, -0.2) is 0 Å². The quantitative estimate of drug-likeness (QED) is 0.847. The standard InChI is InChI=1S/C14H13F3N4O2/c1-8-3-5-10(23-2)9(7-8)4-6-11(22)18-13-19-12(20-21-13)14(15,16)17/h3-7H,1-2H3,(H2,18,19,20,21,22). The third-order valence-corrected chi connectivity index (χ3v) is 2.79. The van der Waals surface area contributed by atoms with Crippen LogP contribution in [0.5, 0.6) is 5.75 Å². The molecule has 2 rings (SSSR count). The molecule has 2 aromatic rings. The number of methoxy groups -OCH3 is 1. The van der Waals surface area contributed by atoms with E-state index in [9.17, 15) is 18.0 Å². The molecule has 1 aromatic heterocycles. The Bertz CT molecular complexity index is 738. The molecule has 23 heavy (non-hydrogen) atoms. The van der Waals surface area contributed by atoms with Crippen LogP contribution in [-0.4, -0.2) is 28.2 Å². The molecule has 6 nitrogen and oxygen atoms in total. The molecule has 0 unspecified atom stereocenters. The van der Waals surface area contributed by atoms with E-state index in [1.165, 1.54) is 13.2 Å². The maximum Gasteiger partial charge on any atom is 0.451 e. The largest absolute Gasteiger partial charge is 0.496 e. The molecule has 0 fully saturated rings. The van der Waals surface area contributed by atoms with Crippen LogP contribution in [0.4, 0.5) is 19.1 Å². The highest BCUT2D eigenvalue weighted by Crippen LogP contribution is 2.26. The molecule has 0 aliphatic heterocycles. The number of benzene rings is 1. The lowest BCUT2D eigenvalue weighted by molar-refractivity contribution is -0.144. The molecule has 0 spiro atoms. The van der Waals surface area contributed by atoms with E-state index in [1.807, 2.05) is 13.0 Å². The number of halogens is 3. The molecule has 1 heterocycles. The van der Waals surface area contributed by atoms with E-state index in [0.717, 1.165) is 11.6 Å². The van der Waals surface area contributed by atoms with Gasteiger partial charge in [0.2, 0.25) is 11.8 Å². The van der Waals surface area contributed by atoms with Crippen molar-refractivity contribution in [3.8, 4) is 5.75 Å². The van der Waals surface area contributed by atoms with Gasteiger partial charge in [-0.15, -0.1) is 5.10 Å². The highest BCUT2D eigenvalue weighted by molar-refractivity contribution is 6.01. The van der Waals surface area contributed by atoms with Crippen LogP contribution in [0.2, 0.25) is 0 Å². The predicted molar refractivity (Wildman–Crippen MR) is 76.8 cm³/mol. The molecule has 9 heteroatoms. The topological polar surface area (TPSA) is 79.9 Å². The van der Waals surface area contributed by atoms with Gasteiger partial charge in [-0.2, -0.15) is 18.2 Å². The van der Waals surface area contributed by atoms with Crippen LogP contribution in [0.15, 0.2) is 24.3 Å². The van der Waals surface area contributed by atoms with Crippen LogP contribution in [0.1, 0.15) is 17.0 Å². The van der Waals surface area contributed by atoms with Crippen molar-refractivity contribution in [1.29, 1.82) is 0 Å². The van der Waals surface area contributed by atoms with E-state index in [2.05, 4.69) is 15.4 Å². The Morgan fingerprint density at radius 2 is 2.13 bits per heavy atom. The number of hydrogen-bond donors (Lipinski definition) is 2. The van der Waals surface area contributed by atoms with Gasteiger partial charge in [0.05, 0.1) is 7.11 Å². The van der Waals surface area contributed by atoms with E-state index in [1.54, 1.807) is 17.2 Å². The van der Waals surface area contributed by atoms with E-state index < -0.39 is 23.9 Å². The Kier molecular flexibility index (Phi) is 4.68. The second-order valence-corrected chi connectivity index (χ2v) is 4.57. The Labute approximate surface area is 129 Å². The minimum absolute atomic E-state index is 0.455. The summed E-state index contributed by atoms with van der Waals surface area (Å²) in [5.41, 5.74) is 1.63. The van der Waals surface area contributed by atoms with Crippen LogP contribution in [-0.2, 0) is 11.0 Å². The third-order valence-electron chi connectivity index (χ3n) is 2.79. The van der Waals surface area contributed by atoms with Gasteiger partial charge in [0.25, 0.3) is 5.91 Å². The van der Waals surface area contributed by atoms with E-state index in [-0.39, 0.29) is 0 Å². The van der Waals surface area contributed by atoms with Crippen molar-refractivity contribution < 1.29 is 22.7 Å². The number of anilines is 1. The molecule has 0 bridgehead atoms. The number of alkyl halides is 3. The second kappa shape index (κ2) is 6.51. The first kappa shape index (κ1) is 16.5. The average molecular weight is 326 g/mol. The number of aromatic amines is 1. The van der Waals surface area contributed by atoms with Crippen LogP contribution in [0, 0.1) is 6.92 Å². The second-order valence-electron chi connectivity index (χ2n) is 4.57. The number of amides is 1. The molecule has 0 aliphatic carbocycles. The van der Waals surface area contributed by atoms with Crippen molar-refractivity contribution in [3.63, 3.8) is 0 Å². The van der Waals surface area contributed by atoms with Gasteiger partial charge in [0, 0.05) is 11.6 Å². The minimum Gasteiger partial charge on any atom is -0.496 e. The third kappa shape index (κ3) is 4.31. The fraction of sp³-hybridized carbons (Fsp3) is 0.214. The number of nitrogens with one attached hydrogen (secondary N) is 2. The first-order valence-corrected chi connectivity index (χ1v) is 6.43. The zero-order chi connectivity index (χ0) is 17.0. The maximum absolute atomic E-state index is 12.4. The van der Waals surface area contributed by atoms with Crippen LogP contribution >= 0.6 is 0 Å². The highest BCUT2D eigenvalue weighted by atomic mass is 19.4. The van der Waals surface area contributed by atoms with Gasteiger partial charge in [0.15, 0.2) is 0 Å². The molecule has 0 atom stereocenters. The van der Waals surface area contributed by atoms with Gasteiger partial charge in [-0.05, 0) is 25.1 Å². The molecule has 2 N–H and O–H groups in total. The number of ether oxygens (including phenoxy) is 1. The summed E-state index contributed by atoms with van der Waals surface area (Å²) in [6, 6.07) is 5.40. The summed E-state index contributed by atoms with van der Waals surface area (Å²) >= 11 is 0. The number of hydrogen-bond acceptors (Lipinski definition) is 4. The van der Waals surface area contributed by atoms with Crippen LogP contribution in [0.3, 0.4) is 0 Å². The fourth-order valence-electron chi connectivity index (χ4n) is 1.75. The van der Waals surface area contributed by atoms with Crippen molar-refractivity contribution >= 4 is 17.9 Å². The SMILES string of the molecule is COc1ccc(C)cc1C=CC(=O)Nc1n[nH]c(C(F)(F)F)n1. The normalized spacial score (nSPS) is 11.7. The molecule has 0 aliphatic rings. The summed E-state index contributed by atoms with van der Waals surface area (Å²) in [6.45, 7) is 1.88. The number of nitrogens with zero attached hydrogens (tertiary/aromatic N) is 2. The zero-order valence-corrected chi connectivity index (χ0v) is 12.2. The number of rotatable bonds is 4. The lowest BCUT2D eigenvalue weighted by Gasteiger charge is -2.05. The summed E-state index contributed by atoms with van der Waals surface area (Å²) in [7, 11) is 1.49. The smallest absolute Gasteiger partial charge is 0.451 e. The molecule has 1 amide bonds. The minimum atomic E-state index is -4.65. The Hall–Kier alpha value is -2.84. The number of H-pyrrole nitrogens is 1. The fourth-order valence-corrected chi connectivity index (χ4v) is 1.75. The zero-order valence-electron chi connectivity index (χ0n) is 12.2. The van der Waals surface area contributed by atoms with Gasteiger partial charge in [0.1, 0.15) is 5.75 Å². The molecule has 0 saturated carbocycles. The van der Waals surface area contributed by atoms with Crippen molar-refractivity contribution in [3.05, 3.63) is 41.2 Å². The maximum atomic E-state index is 12.4. The summed E-state index contributed by atoms with van der Waals surface area (Å²) in [6.07, 6.45) is -2.01. The van der Waals surface area contributed by atoms with Gasteiger partial charge in [-0.1, -0.05) is 11.6 Å². The summed E-state index contributed by atoms with van der Waals surface area (Å²) in [4.78, 5) is 14.9. The molecule has 1 aromatic carbocycles. The number of aryl methyl sites for hydroxylation is 1. The Morgan fingerprint density at radius 1 is 1.39 bits per heavy atom. The van der Waals surface area contributed by atoms with Gasteiger partial charge < -0.3 is 4.74 Å². The number of aromatic nitrogens is 3. The summed E-state index contributed by atoms with van der Waals surface area (Å²) in [5.74, 6) is -1.83. The molecular formula is C14H13F3N4O2. The average Bonchev–Trinajstić information content (AvgIpc) is 2.94. The van der Waals surface area contributed by atoms with Crippen molar-refractivity contribution in [2.75, 3.05) is 12.4 Å². The van der Waals surface area contributed by atoms with E-state index in [4.69, 9.17) is 4.74 Å². The van der Waals surface area contributed by atoms with Crippen LogP contribution < -0.4 is 10.1 Å². The van der Waals surface area contributed by atoms with Gasteiger partial charge in [-0.3, -0.25) is 15.2 Å². The lowest BCUT2D eigenvalue weighted by Crippen LogP contribution is -2.10. The summed E-state index contributed by atoms with van der Waals surface area (Å²) < 4.78 is 42.2. The Balaban J connectivity index is 2.08. The first-order chi connectivity index (χ1) is 10.8. The molecule has 122 valence electrons. The van der Waals surface area contributed by atoms with Crippen molar-refractivity contribution in [1.82, 2.24) is 15.2 Å². The molecular weight excluding hydrogens is 313 g/mol. The highest BCUT2D eigenvalue weighted by Gasteiger charge is 2.35. The molecule has 0 radical (unpaired) electrons. The van der Waals surface area contributed by atoms with Crippen LogP contribution in [0.25, 0.3) is 6.08 Å². The first-order valence-electron chi connectivity index (χ1n) is 6.43. The Morgan fingerprint density at radius 3 is 2.74 bits per heavy atom. The van der Waals surface area contributed by atoms with Crippen molar-refractivity contribution in [2.24, 2.45) is 0 Å². The van der Waals surface area contributed by atoms with E-state index >= 15 is 0 Å². The number of carbonyl (C=O) groups excluding carboxylic acids is 1. The lowest BCUT2D eigenvalue weighted by atomic mass is 10.1. The summed E-state index contributed by atoms with van der Waals surface area (Å²) in [5, 5.41) is 7.12. The molecule has 0 saturated heterocycles. The van der Waals surface area contributed by atoms with Crippen molar-refractivity contribution in [2.45, 2.75) is 13.1 Å². The monoisotopic (exact) mass is 326 g/mol. The van der Waals surface area contributed by atoms with Gasteiger partial charge >= 0.3 is 6.18 Å². The van der Waals surface area contributed by atoms with E-state index in [0.29, 0.717) is 11.3 Å². The number of carbonyl (C=O) groups is 1. The predicted octanol–water partition coefficient (Wildman–Crippen LogP) is 2.79.